The van der Waals surface area contributed by atoms with E-state index >= 15 is 0 Å². The first-order valence-corrected chi connectivity index (χ1v) is 7.34. The van der Waals surface area contributed by atoms with Crippen molar-refractivity contribution < 1.29 is 9.47 Å². The zero-order valence-corrected chi connectivity index (χ0v) is 13.2. The smallest absolute Gasteiger partial charge is 0.214 e. The summed E-state index contributed by atoms with van der Waals surface area (Å²) >= 11 is 0. The van der Waals surface area contributed by atoms with E-state index in [1.54, 1.807) is 0 Å². The second kappa shape index (κ2) is 6.10. The van der Waals surface area contributed by atoms with Crippen LogP contribution >= 0.6 is 0 Å². The second-order valence-electron chi connectivity index (χ2n) is 6.77. The predicted molar refractivity (Wildman–Crippen MR) is 80.2 cm³/mol. The van der Waals surface area contributed by atoms with E-state index in [1.807, 2.05) is 6.07 Å². The molecule has 0 aliphatic carbocycles. The van der Waals surface area contributed by atoms with Crippen LogP contribution in [0.25, 0.3) is 0 Å². The average molecular weight is 278 g/mol. The van der Waals surface area contributed by atoms with E-state index < -0.39 is 0 Å². The van der Waals surface area contributed by atoms with Crippen molar-refractivity contribution in [3.8, 4) is 5.88 Å². The SMILES string of the molecule is CC(C)c1cc(CNC(C)(C)C)cc(OC2COC2)n1. The van der Waals surface area contributed by atoms with Gasteiger partial charge >= 0.3 is 0 Å². The van der Waals surface area contributed by atoms with Gasteiger partial charge in [0, 0.05) is 23.8 Å². The Balaban J connectivity index is 2.12. The van der Waals surface area contributed by atoms with Gasteiger partial charge in [0.1, 0.15) is 6.10 Å². The molecule has 20 heavy (non-hydrogen) atoms. The van der Waals surface area contributed by atoms with Crippen LogP contribution in [0.15, 0.2) is 12.1 Å². The molecule has 0 amide bonds. The second-order valence-corrected chi connectivity index (χ2v) is 6.77. The normalized spacial score (nSPS) is 16.3. The Labute approximate surface area is 121 Å². The summed E-state index contributed by atoms with van der Waals surface area (Å²) in [5, 5.41) is 3.50. The molecule has 0 bridgehead atoms. The standard InChI is InChI=1S/C16H26N2O2/c1-11(2)14-6-12(8-17-16(3,4)5)7-15(18-14)20-13-9-19-10-13/h6-7,11,13,17H,8-10H2,1-5H3. The van der Waals surface area contributed by atoms with Gasteiger partial charge in [-0.2, -0.15) is 0 Å². The highest BCUT2D eigenvalue weighted by Gasteiger charge is 2.21. The van der Waals surface area contributed by atoms with Crippen LogP contribution in [0, 0.1) is 0 Å². The molecule has 1 fully saturated rings. The Hall–Kier alpha value is -1.13. The number of nitrogens with zero attached hydrogens (tertiary/aromatic N) is 1. The minimum absolute atomic E-state index is 0.101. The first kappa shape index (κ1) is 15.3. The number of ether oxygens (including phenoxy) is 2. The molecule has 1 aromatic rings. The Morgan fingerprint density at radius 1 is 1.35 bits per heavy atom. The molecule has 4 nitrogen and oxygen atoms in total. The van der Waals surface area contributed by atoms with Crippen molar-refractivity contribution in [1.82, 2.24) is 10.3 Å². The maximum Gasteiger partial charge on any atom is 0.214 e. The number of pyridine rings is 1. The molecule has 1 saturated heterocycles. The van der Waals surface area contributed by atoms with E-state index in [1.165, 1.54) is 5.56 Å². The van der Waals surface area contributed by atoms with Crippen molar-refractivity contribution in [2.75, 3.05) is 13.2 Å². The molecule has 0 atom stereocenters. The van der Waals surface area contributed by atoms with Crippen molar-refractivity contribution in [2.24, 2.45) is 0 Å². The first-order valence-electron chi connectivity index (χ1n) is 7.34. The number of nitrogens with one attached hydrogen (secondary N) is 1. The highest BCUT2D eigenvalue weighted by molar-refractivity contribution is 5.27. The van der Waals surface area contributed by atoms with E-state index in [0.717, 1.165) is 18.1 Å². The lowest BCUT2D eigenvalue weighted by Crippen LogP contribution is -2.39. The van der Waals surface area contributed by atoms with E-state index in [4.69, 9.17) is 9.47 Å². The summed E-state index contributed by atoms with van der Waals surface area (Å²) < 4.78 is 11.0. The molecule has 1 N–H and O–H groups in total. The van der Waals surface area contributed by atoms with Crippen LogP contribution in [0.5, 0.6) is 5.88 Å². The Bertz CT molecular complexity index is 448. The summed E-state index contributed by atoms with van der Waals surface area (Å²) in [5.74, 6) is 1.11. The van der Waals surface area contributed by atoms with Gasteiger partial charge in [0.05, 0.1) is 13.2 Å². The van der Waals surface area contributed by atoms with Gasteiger partial charge in [-0.05, 0) is 38.3 Å². The van der Waals surface area contributed by atoms with Gasteiger partial charge in [-0.15, -0.1) is 0 Å². The number of rotatable bonds is 5. The summed E-state index contributed by atoms with van der Waals surface area (Å²) in [6, 6.07) is 4.19. The predicted octanol–water partition coefficient (Wildman–Crippen LogP) is 2.87. The van der Waals surface area contributed by atoms with Crippen molar-refractivity contribution in [2.45, 2.75) is 58.7 Å². The van der Waals surface area contributed by atoms with Crippen LogP contribution in [0.1, 0.15) is 51.8 Å². The molecular weight excluding hydrogens is 252 g/mol. The van der Waals surface area contributed by atoms with Gasteiger partial charge in [0.15, 0.2) is 0 Å². The monoisotopic (exact) mass is 278 g/mol. The fourth-order valence-corrected chi connectivity index (χ4v) is 1.86. The summed E-state index contributed by atoms with van der Waals surface area (Å²) in [4.78, 5) is 4.59. The minimum atomic E-state index is 0.101. The van der Waals surface area contributed by atoms with Gasteiger partial charge in [-0.25, -0.2) is 4.98 Å². The zero-order chi connectivity index (χ0) is 14.8. The average Bonchev–Trinajstić information content (AvgIpc) is 2.30. The Kier molecular flexibility index (Phi) is 4.66. The minimum Gasteiger partial charge on any atom is -0.469 e. The molecule has 4 heteroatoms. The summed E-state index contributed by atoms with van der Waals surface area (Å²) in [6.45, 7) is 13.0. The number of hydrogen-bond acceptors (Lipinski definition) is 4. The Morgan fingerprint density at radius 2 is 2.05 bits per heavy atom. The summed E-state index contributed by atoms with van der Waals surface area (Å²) in [6.07, 6.45) is 0.160. The largest absolute Gasteiger partial charge is 0.469 e. The molecule has 0 radical (unpaired) electrons. The quantitative estimate of drug-likeness (QED) is 0.899. The van der Waals surface area contributed by atoms with Gasteiger partial charge in [0.25, 0.3) is 0 Å². The van der Waals surface area contributed by atoms with Crippen molar-refractivity contribution >= 4 is 0 Å². The fourth-order valence-electron chi connectivity index (χ4n) is 1.86. The maximum atomic E-state index is 5.85. The van der Waals surface area contributed by atoms with Crippen molar-refractivity contribution in [1.29, 1.82) is 0 Å². The van der Waals surface area contributed by atoms with E-state index in [-0.39, 0.29) is 11.6 Å². The van der Waals surface area contributed by atoms with Crippen molar-refractivity contribution in [3.63, 3.8) is 0 Å². The van der Waals surface area contributed by atoms with Gasteiger partial charge in [-0.3, -0.25) is 0 Å². The van der Waals surface area contributed by atoms with Crippen LogP contribution in [-0.4, -0.2) is 29.8 Å². The third-order valence-electron chi connectivity index (χ3n) is 3.19. The van der Waals surface area contributed by atoms with Crippen LogP contribution in [0.2, 0.25) is 0 Å². The summed E-state index contributed by atoms with van der Waals surface area (Å²) in [7, 11) is 0. The topological polar surface area (TPSA) is 43.4 Å². The molecule has 2 heterocycles. The maximum absolute atomic E-state index is 5.85. The third kappa shape index (κ3) is 4.46. The molecule has 1 aromatic heterocycles. The molecule has 0 unspecified atom stereocenters. The van der Waals surface area contributed by atoms with Gasteiger partial charge < -0.3 is 14.8 Å². The first-order chi connectivity index (χ1) is 9.33. The van der Waals surface area contributed by atoms with Gasteiger partial charge in [-0.1, -0.05) is 13.8 Å². The third-order valence-corrected chi connectivity index (χ3v) is 3.19. The van der Waals surface area contributed by atoms with Crippen LogP contribution in [0.3, 0.4) is 0 Å². The summed E-state index contributed by atoms with van der Waals surface area (Å²) in [5.41, 5.74) is 2.40. The Morgan fingerprint density at radius 3 is 2.55 bits per heavy atom. The molecule has 0 aromatic carbocycles. The molecule has 1 aliphatic rings. The lowest BCUT2D eigenvalue weighted by atomic mass is 10.1. The highest BCUT2D eigenvalue weighted by atomic mass is 16.6. The zero-order valence-electron chi connectivity index (χ0n) is 13.2. The van der Waals surface area contributed by atoms with Crippen LogP contribution < -0.4 is 10.1 Å². The molecule has 0 spiro atoms. The van der Waals surface area contributed by atoms with Gasteiger partial charge in [0.2, 0.25) is 5.88 Å². The number of hydrogen-bond donors (Lipinski definition) is 1. The molecular formula is C16H26N2O2. The molecule has 2 rings (SSSR count). The highest BCUT2D eigenvalue weighted by Crippen LogP contribution is 2.21. The lowest BCUT2D eigenvalue weighted by molar-refractivity contribution is -0.0814. The van der Waals surface area contributed by atoms with Crippen LogP contribution in [0.4, 0.5) is 0 Å². The number of aromatic nitrogens is 1. The van der Waals surface area contributed by atoms with E-state index in [2.05, 4.69) is 51.0 Å². The molecule has 1 aliphatic heterocycles. The van der Waals surface area contributed by atoms with Crippen LogP contribution in [-0.2, 0) is 11.3 Å². The fraction of sp³-hybridized carbons (Fsp3) is 0.688. The van der Waals surface area contributed by atoms with E-state index in [0.29, 0.717) is 19.1 Å². The van der Waals surface area contributed by atoms with E-state index in [9.17, 15) is 0 Å². The lowest BCUT2D eigenvalue weighted by Gasteiger charge is -2.27. The van der Waals surface area contributed by atoms with Crippen molar-refractivity contribution in [3.05, 3.63) is 23.4 Å². The molecule has 112 valence electrons. The molecule has 0 saturated carbocycles.